The van der Waals surface area contributed by atoms with Gasteiger partial charge in [-0.05, 0) is 0 Å². The maximum Gasteiger partial charge on any atom is 0 e. The van der Waals surface area contributed by atoms with Crippen LogP contribution in [0.1, 0.15) is 0 Å². The average Bonchev–Trinajstić information content (AvgIpc) is 3.22. The van der Waals surface area contributed by atoms with Crippen LogP contribution in [-0.2, 0) is 18.6 Å². The molecule has 0 aliphatic heterocycles. The fourth-order valence-corrected chi connectivity index (χ4v) is 4.06. The van der Waals surface area contributed by atoms with Gasteiger partial charge in [0.15, 0.2) is 0 Å². The molecular formula is C29H21V-. The van der Waals surface area contributed by atoms with Crippen molar-refractivity contribution in [2.75, 3.05) is 0 Å². The maximum atomic E-state index is 2.36. The second-order valence-electron chi connectivity index (χ2n) is 7.19. The summed E-state index contributed by atoms with van der Waals surface area (Å²) in [4.78, 5) is 0. The van der Waals surface area contributed by atoms with Crippen molar-refractivity contribution in [1.82, 2.24) is 0 Å². The van der Waals surface area contributed by atoms with E-state index >= 15 is 0 Å². The van der Waals surface area contributed by atoms with Gasteiger partial charge < -0.3 is 0 Å². The first-order chi connectivity index (χ1) is 14.4. The summed E-state index contributed by atoms with van der Waals surface area (Å²) in [6.07, 6.45) is 0. The quantitative estimate of drug-likeness (QED) is 0.258. The Morgan fingerprint density at radius 2 is 0.867 bits per heavy atom. The van der Waals surface area contributed by atoms with E-state index in [1.54, 1.807) is 0 Å². The number of hydrogen-bond acceptors (Lipinski definition) is 0. The standard InChI is InChI=1S/C29H21.V/c1-5-13-22(14-6-1)26-21-27(23-15-7-2-8-16-23)29(25-19-11-4-12-20-25)28(26)24-17-9-3-10-18-24;/h1-21H;/q-1;. The second-order valence-corrected chi connectivity index (χ2v) is 7.19. The molecular weight excluding hydrogens is 399 g/mol. The third-order valence-electron chi connectivity index (χ3n) is 5.37. The zero-order valence-corrected chi connectivity index (χ0v) is 18.0. The fraction of sp³-hybridized carbons (Fsp3) is 0. The zero-order chi connectivity index (χ0) is 19.5. The topological polar surface area (TPSA) is 0 Å². The zero-order valence-electron chi connectivity index (χ0n) is 16.6. The SMILES string of the molecule is [V].c1ccc(-c2c[c-](-c3ccccc3)c(-c3ccccc3)c2-c2ccccc2)cc1. The van der Waals surface area contributed by atoms with Crippen molar-refractivity contribution in [2.45, 2.75) is 0 Å². The van der Waals surface area contributed by atoms with Crippen molar-refractivity contribution in [3.05, 3.63) is 127 Å². The molecule has 0 saturated heterocycles. The van der Waals surface area contributed by atoms with Crippen LogP contribution in [0.25, 0.3) is 44.5 Å². The molecule has 5 rings (SSSR count). The Kier molecular flexibility index (Phi) is 6.09. The van der Waals surface area contributed by atoms with Gasteiger partial charge in [-0.2, -0.15) is 0 Å². The van der Waals surface area contributed by atoms with Crippen molar-refractivity contribution >= 4 is 0 Å². The molecule has 0 fully saturated rings. The van der Waals surface area contributed by atoms with Crippen LogP contribution in [0.3, 0.4) is 0 Å². The van der Waals surface area contributed by atoms with Gasteiger partial charge in [-0.3, -0.25) is 0 Å². The monoisotopic (exact) mass is 420 g/mol. The van der Waals surface area contributed by atoms with Gasteiger partial charge in [-0.25, -0.2) is 0 Å². The molecule has 0 unspecified atom stereocenters. The minimum Gasteiger partial charge on any atom is -0.108 e. The first-order valence-electron chi connectivity index (χ1n) is 9.97. The third-order valence-corrected chi connectivity index (χ3v) is 5.37. The van der Waals surface area contributed by atoms with Gasteiger partial charge in [0.05, 0.1) is 0 Å². The fourth-order valence-electron chi connectivity index (χ4n) is 4.06. The van der Waals surface area contributed by atoms with Crippen LogP contribution in [0.4, 0.5) is 0 Å². The van der Waals surface area contributed by atoms with E-state index in [-0.39, 0.29) is 18.6 Å². The van der Waals surface area contributed by atoms with E-state index in [1.165, 1.54) is 44.5 Å². The van der Waals surface area contributed by atoms with Gasteiger partial charge in [0.2, 0.25) is 0 Å². The van der Waals surface area contributed by atoms with Crippen LogP contribution < -0.4 is 0 Å². The first-order valence-corrected chi connectivity index (χ1v) is 9.97. The summed E-state index contributed by atoms with van der Waals surface area (Å²) >= 11 is 0. The molecule has 0 N–H and O–H groups in total. The van der Waals surface area contributed by atoms with Crippen LogP contribution in [0, 0.1) is 0 Å². The Balaban J connectivity index is 0.00000218. The van der Waals surface area contributed by atoms with Crippen LogP contribution in [0.15, 0.2) is 127 Å². The summed E-state index contributed by atoms with van der Waals surface area (Å²) in [6, 6.07) is 45.2. The van der Waals surface area contributed by atoms with E-state index in [2.05, 4.69) is 127 Å². The first kappa shape index (κ1) is 20.1. The molecule has 0 aromatic heterocycles. The molecule has 30 heavy (non-hydrogen) atoms. The predicted octanol–water partition coefficient (Wildman–Crippen LogP) is 8.07. The Morgan fingerprint density at radius 3 is 1.40 bits per heavy atom. The second kappa shape index (κ2) is 9.09. The molecule has 0 spiro atoms. The summed E-state index contributed by atoms with van der Waals surface area (Å²) in [5.41, 5.74) is 10.1. The van der Waals surface area contributed by atoms with Crippen LogP contribution in [-0.4, -0.2) is 0 Å². The predicted molar refractivity (Wildman–Crippen MR) is 124 cm³/mol. The van der Waals surface area contributed by atoms with Crippen molar-refractivity contribution in [2.24, 2.45) is 0 Å². The van der Waals surface area contributed by atoms with Gasteiger partial charge >= 0.3 is 0 Å². The van der Waals surface area contributed by atoms with E-state index in [0.717, 1.165) is 0 Å². The van der Waals surface area contributed by atoms with Crippen molar-refractivity contribution in [3.63, 3.8) is 0 Å². The summed E-state index contributed by atoms with van der Waals surface area (Å²) in [6.45, 7) is 0. The molecule has 5 aromatic carbocycles. The van der Waals surface area contributed by atoms with Crippen molar-refractivity contribution in [1.29, 1.82) is 0 Å². The summed E-state index contributed by atoms with van der Waals surface area (Å²) < 4.78 is 0. The summed E-state index contributed by atoms with van der Waals surface area (Å²) in [5.74, 6) is 0. The number of benzene rings is 4. The van der Waals surface area contributed by atoms with E-state index in [0.29, 0.717) is 0 Å². The van der Waals surface area contributed by atoms with Crippen LogP contribution in [0.2, 0.25) is 0 Å². The van der Waals surface area contributed by atoms with E-state index < -0.39 is 0 Å². The molecule has 0 atom stereocenters. The minimum absolute atomic E-state index is 0. The molecule has 1 heteroatoms. The molecule has 0 amide bonds. The third kappa shape index (κ3) is 3.81. The molecule has 5 aromatic rings. The molecule has 1 radical (unpaired) electrons. The molecule has 0 saturated carbocycles. The van der Waals surface area contributed by atoms with Crippen molar-refractivity contribution in [3.8, 4) is 44.5 Å². The largest absolute Gasteiger partial charge is 0.108 e. The van der Waals surface area contributed by atoms with E-state index in [1.807, 2.05) is 0 Å². The molecule has 143 valence electrons. The van der Waals surface area contributed by atoms with Gasteiger partial charge in [-0.1, -0.05) is 148 Å². The summed E-state index contributed by atoms with van der Waals surface area (Å²) in [5, 5.41) is 0. The molecule has 0 nitrogen and oxygen atoms in total. The van der Waals surface area contributed by atoms with E-state index in [9.17, 15) is 0 Å². The maximum absolute atomic E-state index is 2.36. The smallest absolute Gasteiger partial charge is 0 e. The molecule has 0 aliphatic rings. The Labute approximate surface area is 190 Å². The van der Waals surface area contributed by atoms with Crippen LogP contribution >= 0.6 is 0 Å². The minimum atomic E-state index is 0. The van der Waals surface area contributed by atoms with Crippen molar-refractivity contribution < 1.29 is 18.6 Å². The van der Waals surface area contributed by atoms with Gasteiger partial charge in [0.1, 0.15) is 0 Å². The average molecular weight is 420 g/mol. The van der Waals surface area contributed by atoms with Gasteiger partial charge in [0, 0.05) is 18.6 Å². The van der Waals surface area contributed by atoms with Crippen LogP contribution in [0.5, 0.6) is 0 Å². The summed E-state index contributed by atoms with van der Waals surface area (Å²) in [7, 11) is 0. The molecule has 0 bridgehead atoms. The van der Waals surface area contributed by atoms with Gasteiger partial charge in [0.25, 0.3) is 0 Å². The Bertz CT molecular complexity index is 1110. The van der Waals surface area contributed by atoms with Gasteiger partial charge in [-0.15, -0.1) is 23.8 Å². The number of hydrogen-bond donors (Lipinski definition) is 0. The Morgan fingerprint density at radius 1 is 0.433 bits per heavy atom. The van der Waals surface area contributed by atoms with E-state index in [4.69, 9.17) is 0 Å². The molecule has 0 heterocycles. The Hall–Kier alpha value is -3.19. The molecule has 0 aliphatic carbocycles. The normalized spacial score (nSPS) is 10.4. The number of rotatable bonds is 4.